The van der Waals surface area contributed by atoms with E-state index in [9.17, 15) is 0 Å². The lowest BCUT2D eigenvalue weighted by atomic mass is 10.0. The van der Waals surface area contributed by atoms with E-state index in [1.54, 1.807) is 0 Å². The monoisotopic (exact) mass is 390 g/mol. The van der Waals surface area contributed by atoms with Crippen LogP contribution in [0.4, 0.5) is 0 Å². The van der Waals surface area contributed by atoms with E-state index in [1.807, 2.05) is 0 Å². The molecule has 0 aromatic heterocycles. The van der Waals surface area contributed by atoms with Gasteiger partial charge >= 0.3 is 0 Å². The summed E-state index contributed by atoms with van der Waals surface area (Å²) in [7, 11) is 0. The van der Waals surface area contributed by atoms with Crippen LogP contribution in [0.5, 0.6) is 0 Å². The number of ether oxygens (including phenoxy) is 2. The van der Waals surface area contributed by atoms with Gasteiger partial charge in [-0.15, -0.1) is 0 Å². The zero-order valence-electron chi connectivity index (χ0n) is 19.3. The molecule has 0 saturated heterocycles. The van der Waals surface area contributed by atoms with Crippen molar-refractivity contribution in [2.75, 3.05) is 13.2 Å². The summed E-state index contributed by atoms with van der Waals surface area (Å²) in [6.45, 7) is 18.0. The molecule has 0 saturated carbocycles. The molecule has 2 heteroatoms. The summed E-state index contributed by atoms with van der Waals surface area (Å²) in [5.41, 5.74) is 5.98. The third kappa shape index (κ3) is 14.7. The Labute approximate surface area is 175 Å². The largest absolute Gasteiger partial charge is 0.490 e. The second-order valence-corrected chi connectivity index (χ2v) is 8.07. The van der Waals surface area contributed by atoms with Gasteiger partial charge in [0.25, 0.3) is 0 Å². The van der Waals surface area contributed by atoms with Crippen molar-refractivity contribution in [3.63, 3.8) is 0 Å². The minimum atomic E-state index is 0.406. The van der Waals surface area contributed by atoms with Crippen molar-refractivity contribution < 1.29 is 9.47 Å². The van der Waals surface area contributed by atoms with Gasteiger partial charge in [-0.3, -0.25) is 0 Å². The summed E-state index contributed by atoms with van der Waals surface area (Å²) in [5.74, 6) is 2.77. The molecule has 1 unspecified atom stereocenters. The molecule has 0 aliphatic carbocycles. The molecule has 28 heavy (non-hydrogen) atoms. The highest BCUT2D eigenvalue weighted by atomic mass is 16.5. The normalized spacial score (nSPS) is 12.6. The Morgan fingerprint density at radius 2 is 1.39 bits per heavy atom. The summed E-state index contributed by atoms with van der Waals surface area (Å²) in [6.07, 6.45) is 14.3. The molecule has 0 aliphatic rings. The smallest absolute Gasteiger partial charge is 0.138 e. The molecular formula is C26H46O2. The number of unbranched alkanes of at least 4 members (excludes halogenated alkanes) is 6. The van der Waals surface area contributed by atoms with Gasteiger partial charge in [-0.05, 0) is 25.2 Å². The van der Waals surface area contributed by atoms with Crippen molar-refractivity contribution >= 4 is 0 Å². The van der Waals surface area contributed by atoms with E-state index in [1.165, 1.54) is 51.4 Å². The van der Waals surface area contributed by atoms with Gasteiger partial charge in [-0.2, -0.15) is 0 Å². The highest BCUT2D eigenvalue weighted by molar-refractivity contribution is 4.93. The number of hydrogen-bond donors (Lipinski definition) is 0. The van der Waals surface area contributed by atoms with E-state index in [0.717, 1.165) is 43.8 Å². The van der Waals surface area contributed by atoms with E-state index in [-0.39, 0.29) is 0 Å². The summed E-state index contributed by atoms with van der Waals surface area (Å²) < 4.78 is 12.0. The predicted octanol–water partition coefficient (Wildman–Crippen LogP) is 8.35. The van der Waals surface area contributed by atoms with Crippen molar-refractivity contribution in [3.05, 3.63) is 36.1 Å². The van der Waals surface area contributed by atoms with Gasteiger partial charge in [-0.1, -0.05) is 97.3 Å². The fourth-order valence-electron chi connectivity index (χ4n) is 3.14. The van der Waals surface area contributed by atoms with Gasteiger partial charge in [0.1, 0.15) is 11.5 Å². The van der Waals surface area contributed by atoms with Crippen LogP contribution in [-0.4, -0.2) is 13.2 Å². The Kier molecular flexibility index (Phi) is 18.1. The zero-order valence-corrected chi connectivity index (χ0v) is 19.3. The van der Waals surface area contributed by atoms with Gasteiger partial charge in [0, 0.05) is 18.8 Å². The minimum Gasteiger partial charge on any atom is -0.490 e. The average Bonchev–Trinajstić information content (AvgIpc) is 2.72. The van der Waals surface area contributed by atoms with Gasteiger partial charge in [-0.25, -0.2) is 0 Å². The highest BCUT2D eigenvalue weighted by Crippen LogP contribution is 2.20. The van der Waals surface area contributed by atoms with Crippen LogP contribution >= 0.6 is 0 Å². The van der Waals surface area contributed by atoms with Crippen molar-refractivity contribution in [1.29, 1.82) is 0 Å². The summed E-state index contributed by atoms with van der Waals surface area (Å²) in [4.78, 5) is 0. The van der Waals surface area contributed by atoms with Gasteiger partial charge < -0.3 is 9.47 Å². The Morgan fingerprint density at radius 1 is 0.786 bits per heavy atom. The number of rotatable bonds is 19. The number of hydrogen-bond acceptors (Lipinski definition) is 2. The van der Waals surface area contributed by atoms with E-state index >= 15 is 0 Å². The van der Waals surface area contributed by atoms with E-state index in [0.29, 0.717) is 18.4 Å². The quantitative estimate of drug-likeness (QED) is 0.125. The molecule has 0 heterocycles. The van der Waals surface area contributed by atoms with E-state index in [2.05, 4.69) is 52.3 Å². The second-order valence-electron chi connectivity index (χ2n) is 8.07. The molecule has 0 N–H and O–H groups in total. The Balaban J connectivity index is 4.21. The Bertz CT molecular complexity index is 467. The molecular weight excluding hydrogens is 344 g/mol. The lowest BCUT2D eigenvalue weighted by molar-refractivity contribution is 0.121. The average molecular weight is 391 g/mol. The van der Waals surface area contributed by atoms with E-state index in [4.69, 9.17) is 9.47 Å². The second kappa shape index (κ2) is 19.0. The third-order valence-electron chi connectivity index (χ3n) is 5.29. The van der Waals surface area contributed by atoms with Crippen molar-refractivity contribution in [2.45, 2.75) is 105 Å². The molecule has 0 aromatic carbocycles. The molecule has 2 nitrogen and oxygen atoms in total. The molecule has 2 atom stereocenters. The zero-order chi connectivity index (χ0) is 21.0. The molecule has 162 valence electrons. The summed E-state index contributed by atoms with van der Waals surface area (Å²) in [6, 6.07) is 0. The van der Waals surface area contributed by atoms with Gasteiger partial charge in [0.05, 0.1) is 13.2 Å². The van der Waals surface area contributed by atoms with Crippen LogP contribution in [0, 0.1) is 11.8 Å². The van der Waals surface area contributed by atoms with Crippen LogP contribution in [-0.2, 0) is 9.47 Å². The maximum absolute atomic E-state index is 6.02. The maximum atomic E-state index is 6.02. The number of allylic oxidation sites excluding steroid dienone is 2. The molecule has 0 spiro atoms. The lowest BCUT2D eigenvalue weighted by Crippen LogP contribution is -2.12. The van der Waals surface area contributed by atoms with Crippen LogP contribution in [0.2, 0.25) is 0 Å². The molecule has 0 radical (unpaired) electrons. The fourth-order valence-corrected chi connectivity index (χ4v) is 3.14. The van der Waals surface area contributed by atoms with Crippen LogP contribution in [0.3, 0.4) is 0 Å². The lowest BCUT2D eigenvalue weighted by Gasteiger charge is -2.19. The van der Waals surface area contributed by atoms with Crippen molar-refractivity contribution in [1.82, 2.24) is 0 Å². The fraction of sp³-hybridized carbons (Fsp3) is 0.769. The van der Waals surface area contributed by atoms with Crippen molar-refractivity contribution in [2.24, 2.45) is 11.8 Å². The molecule has 0 aromatic rings. The minimum absolute atomic E-state index is 0.406. The van der Waals surface area contributed by atoms with Gasteiger partial charge in [0.2, 0.25) is 0 Å². The maximum Gasteiger partial charge on any atom is 0.138 e. The molecule has 0 aliphatic heterocycles. The van der Waals surface area contributed by atoms with Gasteiger partial charge in [0.15, 0.2) is 0 Å². The summed E-state index contributed by atoms with van der Waals surface area (Å²) >= 11 is 0. The summed E-state index contributed by atoms with van der Waals surface area (Å²) in [5, 5.41) is 0. The molecule has 0 rings (SSSR count). The molecule has 0 bridgehead atoms. The first-order chi connectivity index (χ1) is 13.6. The Morgan fingerprint density at radius 3 is 2.00 bits per heavy atom. The van der Waals surface area contributed by atoms with E-state index < -0.39 is 0 Å². The first-order valence-corrected chi connectivity index (χ1v) is 11.6. The van der Waals surface area contributed by atoms with Crippen LogP contribution in [0.1, 0.15) is 105 Å². The molecule has 0 amide bonds. The Hall–Kier alpha value is -1.36. The van der Waals surface area contributed by atoms with Crippen molar-refractivity contribution in [3.8, 4) is 0 Å². The third-order valence-corrected chi connectivity index (χ3v) is 5.29. The standard InChI is InChI=1S/C26H46O2/c1-7-12-14-15-16-17-19-25(10-4)28-22-24(9-3)20-26(11-5)27-21-23(6)18-13-8-2/h23-24H,4-5,7-9,12-22H2,1-3,6H3/t23-,24?/m0/s1. The first kappa shape index (κ1) is 26.6. The highest BCUT2D eigenvalue weighted by Gasteiger charge is 2.13. The van der Waals surface area contributed by atoms with Crippen LogP contribution in [0.15, 0.2) is 36.1 Å². The van der Waals surface area contributed by atoms with Crippen LogP contribution in [0.25, 0.3) is 0 Å². The predicted molar refractivity (Wildman–Crippen MR) is 122 cm³/mol. The SMILES string of the molecule is C=C=C(CCCCCCCC)OCC(CC)CC(=C=C)OC[C@@H](C)CCCC. The first-order valence-electron chi connectivity index (χ1n) is 11.6. The van der Waals surface area contributed by atoms with Crippen LogP contribution < -0.4 is 0 Å². The molecule has 0 fully saturated rings. The topological polar surface area (TPSA) is 18.5 Å².